The van der Waals surface area contributed by atoms with Crippen molar-refractivity contribution in [2.45, 2.75) is 39.3 Å². The molecule has 4 heteroatoms. The molecule has 18 heavy (non-hydrogen) atoms. The van der Waals surface area contributed by atoms with Crippen LogP contribution in [0.15, 0.2) is 30.5 Å². The van der Waals surface area contributed by atoms with Crippen molar-refractivity contribution in [3.8, 4) is 0 Å². The molecule has 0 radical (unpaired) electrons. The summed E-state index contributed by atoms with van der Waals surface area (Å²) in [5.74, 6) is 0. The van der Waals surface area contributed by atoms with Gasteiger partial charge in [0.05, 0.1) is 19.3 Å². The second-order valence-corrected chi connectivity index (χ2v) is 5.51. The summed E-state index contributed by atoms with van der Waals surface area (Å²) >= 11 is 0. The van der Waals surface area contributed by atoms with E-state index in [1.54, 1.807) is 10.9 Å². The van der Waals surface area contributed by atoms with Crippen LogP contribution in [0.4, 0.5) is 0 Å². The molecule has 1 aromatic heterocycles. The molecule has 0 saturated heterocycles. The van der Waals surface area contributed by atoms with E-state index in [0.717, 1.165) is 0 Å². The van der Waals surface area contributed by atoms with Crippen LogP contribution in [0.2, 0.25) is 0 Å². The highest BCUT2D eigenvalue weighted by Crippen LogP contribution is 2.22. The van der Waals surface area contributed by atoms with Gasteiger partial charge < -0.3 is 5.11 Å². The van der Waals surface area contributed by atoms with Crippen molar-refractivity contribution in [2.24, 2.45) is 0 Å². The molecular formula is C14H19N3O. The molecule has 0 unspecified atom stereocenters. The second kappa shape index (κ2) is 4.90. The Morgan fingerprint density at radius 2 is 1.83 bits per heavy atom. The van der Waals surface area contributed by atoms with Crippen LogP contribution in [0, 0.1) is 0 Å². The van der Waals surface area contributed by atoms with Gasteiger partial charge in [0, 0.05) is 0 Å². The van der Waals surface area contributed by atoms with Gasteiger partial charge in [0.25, 0.3) is 0 Å². The number of nitrogens with zero attached hydrogens (tertiary/aromatic N) is 3. The third-order valence-corrected chi connectivity index (χ3v) is 2.91. The average Bonchev–Trinajstić information content (AvgIpc) is 2.76. The normalized spacial score (nSPS) is 11.8. The first-order valence-electron chi connectivity index (χ1n) is 6.08. The fourth-order valence-electron chi connectivity index (χ4n) is 1.79. The monoisotopic (exact) mass is 245 g/mol. The minimum atomic E-state index is -0.0665. The van der Waals surface area contributed by atoms with Crippen molar-refractivity contribution in [2.75, 3.05) is 0 Å². The molecule has 0 aliphatic heterocycles. The van der Waals surface area contributed by atoms with E-state index >= 15 is 0 Å². The molecule has 1 aromatic carbocycles. The third kappa shape index (κ3) is 2.96. The van der Waals surface area contributed by atoms with E-state index in [0.29, 0.717) is 12.2 Å². The molecule has 96 valence electrons. The van der Waals surface area contributed by atoms with Gasteiger partial charge in [0.15, 0.2) is 0 Å². The Balaban J connectivity index is 2.11. The van der Waals surface area contributed by atoms with Crippen LogP contribution >= 0.6 is 0 Å². The maximum atomic E-state index is 8.93. The highest BCUT2D eigenvalue weighted by Gasteiger charge is 2.12. The number of aliphatic hydroxyl groups excluding tert-OH is 1. The number of hydrogen-bond acceptors (Lipinski definition) is 3. The lowest BCUT2D eigenvalue weighted by Crippen LogP contribution is -2.11. The van der Waals surface area contributed by atoms with Gasteiger partial charge >= 0.3 is 0 Å². The molecule has 0 aliphatic carbocycles. The molecule has 0 atom stereocenters. The van der Waals surface area contributed by atoms with Crippen LogP contribution in [0.1, 0.15) is 37.6 Å². The smallest absolute Gasteiger partial charge is 0.108 e. The van der Waals surface area contributed by atoms with Crippen molar-refractivity contribution in [1.82, 2.24) is 15.0 Å². The molecule has 0 spiro atoms. The first kappa shape index (κ1) is 12.8. The van der Waals surface area contributed by atoms with E-state index in [1.165, 1.54) is 11.1 Å². The summed E-state index contributed by atoms with van der Waals surface area (Å²) < 4.78 is 1.73. The van der Waals surface area contributed by atoms with Gasteiger partial charge in [-0.3, -0.25) is 0 Å². The minimum absolute atomic E-state index is 0.0665. The molecular weight excluding hydrogens is 226 g/mol. The van der Waals surface area contributed by atoms with Crippen LogP contribution < -0.4 is 0 Å². The molecule has 0 aliphatic rings. The lowest BCUT2D eigenvalue weighted by atomic mass is 9.87. The Morgan fingerprint density at radius 3 is 2.33 bits per heavy atom. The van der Waals surface area contributed by atoms with Crippen LogP contribution in [0.5, 0.6) is 0 Å². The van der Waals surface area contributed by atoms with Crippen LogP contribution in [-0.4, -0.2) is 20.1 Å². The fraction of sp³-hybridized carbons (Fsp3) is 0.429. The topological polar surface area (TPSA) is 50.9 Å². The van der Waals surface area contributed by atoms with Gasteiger partial charge in [-0.25, -0.2) is 4.68 Å². The zero-order valence-electron chi connectivity index (χ0n) is 11.1. The highest BCUT2D eigenvalue weighted by molar-refractivity contribution is 5.27. The number of rotatable bonds is 3. The van der Waals surface area contributed by atoms with E-state index in [-0.39, 0.29) is 12.0 Å². The summed E-state index contributed by atoms with van der Waals surface area (Å²) in [5, 5.41) is 16.7. The molecule has 1 N–H and O–H groups in total. The lowest BCUT2D eigenvalue weighted by molar-refractivity contribution is 0.276. The minimum Gasteiger partial charge on any atom is -0.390 e. The Bertz CT molecular complexity index is 509. The van der Waals surface area contributed by atoms with Crippen molar-refractivity contribution in [3.63, 3.8) is 0 Å². The van der Waals surface area contributed by atoms with E-state index in [2.05, 4.69) is 55.3 Å². The Morgan fingerprint density at radius 1 is 1.17 bits per heavy atom. The SMILES string of the molecule is CC(C)(C)c1ccc(Cn2cc(CO)nn2)cc1. The Kier molecular flexibility index (Phi) is 3.48. The predicted molar refractivity (Wildman–Crippen MR) is 70.2 cm³/mol. The quantitative estimate of drug-likeness (QED) is 0.901. The van der Waals surface area contributed by atoms with E-state index in [4.69, 9.17) is 5.11 Å². The zero-order chi connectivity index (χ0) is 13.2. The number of aliphatic hydroxyl groups is 1. The van der Waals surface area contributed by atoms with E-state index in [9.17, 15) is 0 Å². The first-order chi connectivity index (χ1) is 8.49. The number of hydrogen-bond donors (Lipinski definition) is 1. The average molecular weight is 245 g/mol. The molecule has 1 heterocycles. The largest absolute Gasteiger partial charge is 0.390 e. The molecule has 2 aromatic rings. The van der Waals surface area contributed by atoms with Gasteiger partial charge in [0.1, 0.15) is 5.69 Å². The maximum absolute atomic E-state index is 8.93. The first-order valence-corrected chi connectivity index (χ1v) is 6.08. The molecule has 0 saturated carbocycles. The molecule has 0 amide bonds. The summed E-state index contributed by atoms with van der Waals surface area (Å²) in [5.41, 5.74) is 3.27. The van der Waals surface area contributed by atoms with Crippen molar-refractivity contribution >= 4 is 0 Å². The van der Waals surface area contributed by atoms with Crippen molar-refractivity contribution in [1.29, 1.82) is 0 Å². The molecule has 4 nitrogen and oxygen atoms in total. The highest BCUT2D eigenvalue weighted by atomic mass is 16.3. The van der Waals surface area contributed by atoms with Gasteiger partial charge in [-0.15, -0.1) is 5.10 Å². The van der Waals surface area contributed by atoms with Gasteiger partial charge in [0.2, 0.25) is 0 Å². The predicted octanol–water partition coefficient (Wildman–Crippen LogP) is 2.12. The van der Waals surface area contributed by atoms with Gasteiger partial charge in [-0.1, -0.05) is 50.3 Å². The fourth-order valence-corrected chi connectivity index (χ4v) is 1.79. The summed E-state index contributed by atoms with van der Waals surface area (Å²) in [7, 11) is 0. The van der Waals surface area contributed by atoms with Crippen LogP contribution in [0.25, 0.3) is 0 Å². The molecule has 2 rings (SSSR count). The summed E-state index contributed by atoms with van der Waals surface area (Å²) in [4.78, 5) is 0. The van der Waals surface area contributed by atoms with Gasteiger partial charge in [-0.05, 0) is 16.5 Å². The second-order valence-electron chi connectivity index (χ2n) is 5.51. The van der Waals surface area contributed by atoms with Crippen LogP contribution in [-0.2, 0) is 18.6 Å². The maximum Gasteiger partial charge on any atom is 0.108 e. The zero-order valence-corrected chi connectivity index (χ0v) is 11.1. The summed E-state index contributed by atoms with van der Waals surface area (Å²) in [6, 6.07) is 8.53. The Labute approximate surface area is 107 Å². The molecule has 0 bridgehead atoms. The van der Waals surface area contributed by atoms with Crippen LogP contribution in [0.3, 0.4) is 0 Å². The molecule has 0 fully saturated rings. The van der Waals surface area contributed by atoms with Crippen molar-refractivity contribution in [3.05, 3.63) is 47.3 Å². The number of benzene rings is 1. The standard InChI is InChI=1S/C14H19N3O/c1-14(2,3)12-6-4-11(5-7-12)8-17-9-13(10-18)15-16-17/h4-7,9,18H,8,10H2,1-3H3. The van der Waals surface area contributed by atoms with Gasteiger partial charge in [-0.2, -0.15) is 0 Å². The van der Waals surface area contributed by atoms with E-state index < -0.39 is 0 Å². The Hall–Kier alpha value is -1.68. The number of aromatic nitrogens is 3. The lowest BCUT2D eigenvalue weighted by Gasteiger charge is -2.19. The third-order valence-electron chi connectivity index (χ3n) is 2.91. The van der Waals surface area contributed by atoms with Crippen molar-refractivity contribution < 1.29 is 5.11 Å². The summed E-state index contributed by atoms with van der Waals surface area (Å²) in [6.07, 6.45) is 1.76. The summed E-state index contributed by atoms with van der Waals surface area (Å²) in [6.45, 7) is 7.22. The van der Waals surface area contributed by atoms with E-state index in [1.807, 2.05) is 0 Å².